The SMILES string of the molecule is Cc1ccc(Cl)cc1C(=O)C1C=c2c(ccc3c2=CCc2ccccc2-3)CC1. The molecule has 0 amide bonds. The molecule has 0 saturated heterocycles. The Morgan fingerprint density at radius 2 is 1.82 bits per heavy atom. The summed E-state index contributed by atoms with van der Waals surface area (Å²) in [6.07, 6.45) is 7.26. The number of benzene rings is 3. The van der Waals surface area contributed by atoms with Gasteiger partial charge in [0.15, 0.2) is 5.78 Å². The first-order chi connectivity index (χ1) is 13.6. The summed E-state index contributed by atoms with van der Waals surface area (Å²) in [5.41, 5.74) is 7.05. The lowest BCUT2D eigenvalue weighted by Crippen LogP contribution is -2.37. The van der Waals surface area contributed by atoms with Crippen molar-refractivity contribution in [2.24, 2.45) is 5.92 Å². The largest absolute Gasteiger partial charge is 0.294 e. The Labute approximate surface area is 170 Å². The molecule has 138 valence electrons. The van der Waals surface area contributed by atoms with Crippen molar-refractivity contribution in [2.75, 3.05) is 0 Å². The number of aryl methyl sites for hydroxylation is 2. The van der Waals surface area contributed by atoms with Crippen molar-refractivity contribution < 1.29 is 4.79 Å². The highest BCUT2D eigenvalue weighted by Gasteiger charge is 2.24. The maximum atomic E-state index is 13.2. The number of hydrogen-bond acceptors (Lipinski definition) is 1. The number of halogens is 1. The highest BCUT2D eigenvalue weighted by Crippen LogP contribution is 2.27. The van der Waals surface area contributed by atoms with Crippen LogP contribution in [-0.4, -0.2) is 5.78 Å². The molecular weight excluding hydrogens is 364 g/mol. The van der Waals surface area contributed by atoms with Gasteiger partial charge >= 0.3 is 0 Å². The Morgan fingerprint density at radius 3 is 2.71 bits per heavy atom. The van der Waals surface area contributed by atoms with E-state index in [1.54, 1.807) is 0 Å². The third-order valence-electron chi connectivity index (χ3n) is 6.11. The fourth-order valence-corrected chi connectivity index (χ4v) is 4.76. The molecule has 0 radical (unpaired) electrons. The number of carbonyl (C=O) groups excluding carboxylic acids is 1. The zero-order valence-corrected chi connectivity index (χ0v) is 16.6. The van der Waals surface area contributed by atoms with Gasteiger partial charge in [0.05, 0.1) is 0 Å². The lowest BCUT2D eigenvalue weighted by atomic mass is 9.82. The average Bonchev–Trinajstić information content (AvgIpc) is 2.74. The van der Waals surface area contributed by atoms with Crippen molar-refractivity contribution in [1.82, 2.24) is 0 Å². The minimum Gasteiger partial charge on any atom is -0.294 e. The first kappa shape index (κ1) is 17.5. The molecule has 1 unspecified atom stereocenters. The van der Waals surface area contributed by atoms with Gasteiger partial charge in [-0.05, 0) is 76.6 Å². The highest BCUT2D eigenvalue weighted by atomic mass is 35.5. The predicted octanol–water partition coefficient (Wildman–Crippen LogP) is 4.88. The minimum absolute atomic E-state index is 0.0956. The van der Waals surface area contributed by atoms with E-state index in [9.17, 15) is 4.79 Å². The van der Waals surface area contributed by atoms with Gasteiger partial charge < -0.3 is 0 Å². The van der Waals surface area contributed by atoms with E-state index < -0.39 is 0 Å². The van der Waals surface area contributed by atoms with Gasteiger partial charge in [-0.2, -0.15) is 0 Å². The van der Waals surface area contributed by atoms with E-state index in [0.29, 0.717) is 5.02 Å². The maximum absolute atomic E-state index is 13.2. The van der Waals surface area contributed by atoms with Crippen LogP contribution in [0.3, 0.4) is 0 Å². The van der Waals surface area contributed by atoms with Crippen molar-refractivity contribution in [2.45, 2.75) is 26.2 Å². The molecule has 1 nitrogen and oxygen atoms in total. The van der Waals surface area contributed by atoms with E-state index in [-0.39, 0.29) is 11.7 Å². The van der Waals surface area contributed by atoms with Crippen LogP contribution in [0.25, 0.3) is 23.3 Å². The van der Waals surface area contributed by atoms with Crippen LogP contribution in [-0.2, 0) is 12.8 Å². The van der Waals surface area contributed by atoms with E-state index in [2.05, 4.69) is 48.6 Å². The normalized spacial score (nSPS) is 16.9. The average molecular weight is 385 g/mol. The van der Waals surface area contributed by atoms with Crippen molar-refractivity contribution in [3.63, 3.8) is 0 Å². The van der Waals surface area contributed by atoms with Gasteiger partial charge in [0.25, 0.3) is 0 Å². The van der Waals surface area contributed by atoms with Crippen LogP contribution in [0.1, 0.15) is 33.5 Å². The van der Waals surface area contributed by atoms with E-state index in [0.717, 1.165) is 30.4 Å². The molecule has 5 rings (SSSR count). The van der Waals surface area contributed by atoms with E-state index in [4.69, 9.17) is 11.6 Å². The Morgan fingerprint density at radius 1 is 0.964 bits per heavy atom. The van der Waals surface area contributed by atoms with Crippen molar-refractivity contribution in [3.05, 3.63) is 92.3 Å². The Kier molecular flexibility index (Phi) is 4.21. The van der Waals surface area contributed by atoms with E-state index in [1.807, 2.05) is 25.1 Å². The lowest BCUT2D eigenvalue weighted by Gasteiger charge is -2.22. The Balaban J connectivity index is 1.64. The summed E-state index contributed by atoms with van der Waals surface area (Å²) in [4.78, 5) is 13.2. The molecule has 0 fully saturated rings. The fraction of sp³-hybridized carbons (Fsp3) is 0.192. The second-order valence-corrected chi connectivity index (χ2v) is 8.24. The quantitative estimate of drug-likeness (QED) is 0.575. The van der Waals surface area contributed by atoms with Gasteiger partial charge in [-0.3, -0.25) is 4.79 Å². The molecule has 28 heavy (non-hydrogen) atoms. The summed E-state index contributed by atoms with van der Waals surface area (Å²) >= 11 is 6.16. The summed E-state index contributed by atoms with van der Waals surface area (Å²) in [6, 6.07) is 18.7. The van der Waals surface area contributed by atoms with Crippen LogP contribution in [0.2, 0.25) is 5.02 Å². The smallest absolute Gasteiger partial charge is 0.170 e. The summed E-state index contributed by atoms with van der Waals surface area (Å²) in [5.74, 6) is 0.0844. The van der Waals surface area contributed by atoms with Crippen LogP contribution in [0.4, 0.5) is 0 Å². The van der Waals surface area contributed by atoms with Crippen LogP contribution < -0.4 is 10.4 Å². The number of rotatable bonds is 2. The number of carbonyl (C=O) groups is 1. The third-order valence-corrected chi connectivity index (χ3v) is 6.34. The van der Waals surface area contributed by atoms with Gasteiger partial charge in [-0.25, -0.2) is 0 Å². The number of hydrogen-bond donors (Lipinski definition) is 0. The first-order valence-electron chi connectivity index (χ1n) is 9.84. The Bertz CT molecular complexity index is 1240. The molecule has 0 spiro atoms. The molecular formula is C26H21ClO. The lowest BCUT2D eigenvalue weighted by molar-refractivity contribution is 0.0946. The van der Waals surface area contributed by atoms with Crippen molar-refractivity contribution in [1.29, 1.82) is 0 Å². The van der Waals surface area contributed by atoms with Crippen molar-refractivity contribution in [3.8, 4) is 11.1 Å². The third kappa shape index (κ3) is 2.82. The number of fused-ring (bicyclic) bond motifs is 5. The zero-order chi connectivity index (χ0) is 19.3. The number of Topliss-reactive ketones (excluding diaryl/α,β-unsaturated/α-hetero) is 1. The molecule has 0 heterocycles. The van der Waals surface area contributed by atoms with Gasteiger partial charge in [-0.15, -0.1) is 0 Å². The van der Waals surface area contributed by atoms with Crippen molar-refractivity contribution >= 4 is 29.5 Å². The van der Waals surface area contributed by atoms with Gasteiger partial charge in [0, 0.05) is 16.5 Å². The molecule has 1 atom stereocenters. The standard InChI is InChI=1S/C26H21ClO/c1-16-6-11-20(27)15-24(16)26(28)19-8-7-18-10-12-22-21-5-3-2-4-17(21)9-13-23(22)25(18)14-19/h2-6,10-15,19H,7-9H2,1H3. The highest BCUT2D eigenvalue weighted by molar-refractivity contribution is 6.31. The predicted molar refractivity (Wildman–Crippen MR) is 116 cm³/mol. The molecule has 2 heteroatoms. The molecule has 2 aliphatic carbocycles. The van der Waals surface area contributed by atoms with E-state index >= 15 is 0 Å². The summed E-state index contributed by atoms with van der Waals surface area (Å²) < 4.78 is 0. The molecule has 0 saturated carbocycles. The molecule has 0 N–H and O–H groups in total. The molecule has 0 bridgehead atoms. The topological polar surface area (TPSA) is 17.1 Å². The van der Waals surface area contributed by atoms with Crippen LogP contribution >= 0.6 is 11.6 Å². The van der Waals surface area contributed by atoms with Gasteiger partial charge in [0.2, 0.25) is 0 Å². The molecule has 0 aliphatic heterocycles. The van der Waals surface area contributed by atoms with Crippen LogP contribution in [0, 0.1) is 12.8 Å². The zero-order valence-electron chi connectivity index (χ0n) is 15.8. The monoisotopic (exact) mass is 384 g/mol. The second-order valence-electron chi connectivity index (χ2n) is 7.80. The molecule has 3 aromatic rings. The Hall–Kier alpha value is -2.64. The van der Waals surface area contributed by atoms with Crippen LogP contribution in [0.5, 0.6) is 0 Å². The maximum Gasteiger partial charge on any atom is 0.170 e. The first-order valence-corrected chi connectivity index (χ1v) is 10.2. The molecule has 0 aromatic heterocycles. The summed E-state index contributed by atoms with van der Waals surface area (Å²) in [7, 11) is 0. The van der Waals surface area contributed by atoms with E-state index in [1.165, 1.54) is 32.7 Å². The minimum atomic E-state index is -0.0956. The summed E-state index contributed by atoms with van der Waals surface area (Å²) in [5, 5.41) is 3.15. The second kappa shape index (κ2) is 6.76. The molecule has 3 aromatic carbocycles. The van der Waals surface area contributed by atoms with Gasteiger partial charge in [0.1, 0.15) is 0 Å². The van der Waals surface area contributed by atoms with Crippen LogP contribution in [0.15, 0.2) is 54.6 Å². The summed E-state index contributed by atoms with van der Waals surface area (Å²) in [6.45, 7) is 1.98. The number of ketones is 1. The molecule has 2 aliphatic rings. The fourth-order valence-electron chi connectivity index (χ4n) is 4.59. The van der Waals surface area contributed by atoms with Gasteiger partial charge in [-0.1, -0.05) is 66.2 Å².